The summed E-state index contributed by atoms with van der Waals surface area (Å²) in [5, 5.41) is 3.63. The maximum Gasteiger partial charge on any atom is 0.313 e. The van der Waals surface area contributed by atoms with E-state index in [1.54, 1.807) is 13.0 Å². The minimum Gasteiger partial charge on any atom is -0.466 e. The average molecular weight is 281 g/mol. The van der Waals surface area contributed by atoms with E-state index in [1.807, 2.05) is 22.6 Å². The number of esters is 1. The molecule has 0 saturated heterocycles. The molecule has 0 fully saturated rings. The van der Waals surface area contributed by atoms with Gasteiger partial charge in [0.05, 0.1) is 6.61 Å². The largest absolute Gasteiger partial charge is 0.466 e. The van der Waals surface area contributed by atoms with Crippen LogP contribution in [0.4, 0.5) is 0 Å². The summed E-state index contributed by atoms with van der Waals surface area (Å²) in [4.78, 5) is 10.9. The van der Waals surface area contributed by atoms with Crippen LogP contribution in [-0.4, -0.2) is 17.7 Å². The van der Waals surface area contributed by atoms with Crippen LogP contribution >= 0.6 is 22.6 Å². The molecular formula is C7H8INO3. The Morgan fingerprint density at radius 1 is 1.83 bits per heavy atom. The highest BCUT2D eigenvalue weighted by molar-refractivity contribution is 14.1. The van der Waals surface area contributed by atoms with Gasteiger partial charge < -0.3 is 9.26 Å². The fourth-order valence-corrected chi connectivity index (χ4v) is 1.17. The Bertz CT molecular complexity index is 271. The first-order valence-corrected chi connectivity index (χ1v) is 4.57. The summed E-state index contributed by atoms with van der Waals surface area (Å²) in [6, 6.07) is 1.71. The zero-order valence-electron chi connectivity index (χ0n) is 6.54. The lowest BCUT2D eigenvalue weighted by Crippen LogP contribution is -2.06. The van der Waals surface area contributed by atoms with Gasteiger partial charge in [0.2, 0.25) is 0 Å². The molecule has 4 nitrogen and oxygen atoms in total. The summed E-state index contributed by atoms with van der Waals surface area (Å²) in [6.45, 7) is 2.16. The molecule has 0 atom stereocenters. The quantitative estimate of drug-likeness (QED) is 0.620. The first kappa shape index (κ1) is 9.50. The van der Waals surface area contributed by atoms with Crippen LogP contribution in [0.15, 0.2) is 10.6 Å². The lowest BCUT2D eigenvalue weighted by Gasteiger charge is -1.96. The Kier molecular flexibility index (Phi) is 3.51. The van der Waals surface area contributed by atoms with Crippen LogP contribution in [0, 0.1) is 3.70 Å². The van der Waals surface area contributed by atoms with Crippen LogP contribution in [-0.2, 0) is 16.0 Å². The van der Waals surface area contributed by atoms with Gasteiger partial charge in [-0.05, 0) is 29.5 Å². The molecule has 0 aliphatic carbocycles. The van der Waals surface area contributed by atoms with E-state index in [0.717, 1.165) is 3.70 Å². The molecule has 0 radical (unpaired) electrons. The minimum atomic E-state index is -0.287. The van der Waals surface area contributed by atoms with E-state index in [4.69, 9.17) is 9.26 Å². The van der Waals surface area contributed by atoms with Crippen LogP contribution < -0.4 is 0 Å². The first-order chi connectivity index (χ1) is 5.72. The molecule has 0 aromatic carbocycles. The molecule has 1 rings (SSSR count). The Hall–Kier alpha value is -0.590. The van der Waals surface area contributed by atoms with E-state index in [9.17, 15) is 4.79 Å². The fourth-order valence-electron chi connectivity index (χ4n) is 0.725. The monoisotopic (exact) mass is 281 g/mol. The molecule has 0 saturated carbocycles. The van der Waals surface area contributed by atoms with Gasteiger partial charge in [0.25, 0.3) is 0 Å². The van der Waals surface area contributed by atoms with Gasteiger partial charge in [-0.15, -0.1) is 0 Å². The van der Waals surface area contributed by atoms with Crippen molar-refractivity contribution in [2.75, 3.05) is 6.61 Å². The Morgan fingerprint density at radius 3 is 3.08 bits per heavy atom. The van der Waals surface area contributed by atoms with Gasteiger partial charge >= 0.3 is 5.97 Å². The highest BCUT2D eigenvalue weighted by atomic mass is 127. The van der Waals surface area contributed by atoms with Crippen molar-refractivity contribution in [2.24, 2.45) is 0 Å². The van der Waals surface area contributed by atoms with E-state index < -0.39 is 0 Å². The molecule has 0 unspecified atom stereocenters. The fraction of sp³-hybridized carbons (Fsp3) is 0.429. The molecule has 0 aliphatic heterocycles. The molecule has 12 heavy (non-hydrogen) atoms. The zero-order valence-corrected chi connectivity index (χ0v) is 8.70. The molecular weight excluding hydrogens is 273 g/mol. The van der Waals surface area contributed by atoms with Gasteiger partial charge in [-0.1, -0.05) is 5.16 Å². The maximum atomic E-state index is 10.9. The van der Waals surface area contributed by atoms with Gasteiger partial charge in [-0.25, -0.2) is 0 Å². The predicted octanol–water partition coefficient (Wildman–Crippen LogP) is 1.38. The number of halogens is 1. The van der Waals surface area contributed by atoms with Crippen LogP contribution in [0.1, 0.15) is 12.7 Å². The van der Waals surface area contributed by atoms with Crippen LogP contribution in [0.2, 0.25) is 0 Å². The number of ether oxygens (including phenoxy) is 1. The van der Waals surface area contributed by atoms with Gasteiger partial charge in [-0.3, -0.25) is 4.79 Å². The molecule has 0 aliphatic rings. The third-order valence-corrected chi connectivity index (χ3v) is 1.66. The number of hydrogen-bond donors (Lipinski definition) is 0. The number of rotatable bonds is 3. The van der Waals surface area contributed by atoms with Crippen molar-refractivity contribution in [1.29, 1.82) is 0 Å². The molecule has 1 aromatic rings. The van der Waals surface area contributed by atoms with Crippen molar-refractivity contribution in [3.05, 3.63) is 15.5 Å². The predicted molar refractivity (Wildman–Crippen MR) is 49.6 cm³/mol. The topological polar surface area (TPSA) is 52.3 Å². The maximum absolute atomic E-state index is 10.9. The second-order valence-electron chi connectivity index (χ2n) is 2.10. The van der Waals surface area contributed by atoms with E-state index in [0.29, 0.717) is 12.4 Å². The molecule has 0 N–H and O–H groups in total. The Balaban J connectivity index is 2.46. The van der Waals surface area contributed by atoms with Gasteiger partial charge in [0.1, 0.15) is 15.9 Å². The molecule has 0 bridgehead atoms. The van der Waals surface area contributed by atoms with Crippen molar-refractivity contribution in [3.63, 3.8) is 0 Å². The van der Waals surface area contributed by atoms with Crippen LogP contribution in [0.25, 0.3) is 0 Å². The van der Waals surface area contributed by atoms with Crippen molar-refractivity contribution in [3.8, 4) is 0 Å². The SMILES string of the molecule is CCOC(=O)Cc1cc(I)no1. The highest BCUT2D eigenvalue weighted by Gasteiger charge is 2.08. The highest BCUT2D eigenvalue weighted by Crippen LogP contribution is 2.06. The lowest BCUT2D eigenvalue weighted by atomic mass is 10.3. The molecule has 5 heteroatoms. The van der Waals surface area contributed by atoms with E-state index in [-0.39, 0.29) is 12.4 Å². The second-order valence-corrected chi connectivity index (χ2v) is 3.20. The van der Waals surface area contributed by atoms with Crippen LogP contribution in [0.3, 0.4) is 0 Å². The third kappa shape index (κ3) is 2.80. The second kappa shape index (κ2) is 4.44. The van der Waals surface area contributed by atoms with Gasteiger partial charge in [0.15, 0.2) is 0 Å². The molecule has 0 amide bonds. The summed E-state index contributed by atoms with van der Waals surface area (Å²) in [7, 11) is 0. The zero-order chi connectivity index (χ0) is 8.97. The van der Waals surface area contributed by atoms with Crippen molar-refractivity contribution in [1.82, 2.24) is 5.16 Å². The Morgan fingerprint density at radius 2 is 2.58 bits per heavy atom. The Labute approximate surface area is 83.4 Å². The molecule has 66 valence electrons. The lowest BCUT2D eigenvalue weighted by molar-refractivity contribution is -0.142. The van der Waals surface area contributed by atoms with Crippen molar-refractivity contribution in [2.45, 2.75) is 13.3 Å². The average Bonchev–Trinajstić information content (AvgIpc) is 2.36. The van der Waals surface area contributed by atoms with E-state index in [1.165, 1.54) is 0 Å². The van der Waals surface area contributed by atoms with Crippen LogP contribution in [0.5, 0.6) is 0 Å². The van der Waals surface area contributed by atoms with E-state index in [2.05, 4.69) is 5.16 Å². The number of hydrogen-bond acceptors (Lipinski definition) is 4. The smallest absolute Gasteiger partial charge is 0.313 e. The number of aromatic nitrogens is 1. The standard InChI is InChI=1S/C7H8INO3/c1-2-11-7(10)4-5-3-6(8)9-12-5/h3H,2,4H2,1H3. The van der Waals surface area contributed by atoms with Gasteiger partial charge in [0, 0.05) is 6.07 Å². The minimum absolute atomic E-state index is 0.157. The van der Waals surface area contributed by atoms with Crippen molar-refractivity contribution < 1.29 is 14.1 Å². The summed E-state index contributed by atoms with van der Waals surface area (Å²) >= 11 is 2.01. The first-order valence-electron chi connectivity index (χ1n) is 3.49. The number of carbonyl (C=O) groups excluding carboxylic acids is 1. The molecule has 1 aromatic heterocycles. The number of carbonyl (C=O) groups is 1. The normalized spacial score (nSPS) is 9.83. The number of nitrogens with zero attached hydrogens (tertiary/aromatic N) is 1. The molecule has 1 heterocycles. The third-order valence-electron chi connectivity index (χ3n) is 1.15. The summed E-state index contributed by atoms with van der Waals surface area (Å²) in [5.41, 5.74) is 0. The van der Waals surface area contributed by atoms with Gasteiger partial charge in [-0.2, -0.15) is 0 Å². The molecule has 0 spiro atoms. The van der Waals surface area contributed by atoms with Crippen molar-refractivity contribution >= 4 is 28.6 Å². The summed E-state index contributed by atoms with van der Waals surface area (Å²) < 4.78 is 10.3. The summed E-state index contributed by atoms with van der Waals surface area (Å²) in [6.07, 6.45) is 0.157. The summed E-state index contributed by atoms with van der Waals surface area (Å²) in [5.74, 6) is 0.253. The van der Waals surface area contributed by atoms with E-state index >= 15 is 0 Å².